The van der Waals surface area contributed by atoms with E-state index in [9.17, 15) is 14.7 Å². The van der Waals surface area contributed by atoms with Gasteiger partial charge in [0.1, 0.15) is 0 Å². The van der Waals surface area contributed by atoms with E-state index in [4.69, 9.17) is 0 Å². The van der Waals surface area contributed by atoms with E-state index in [1.807, 2.05) is 30.3 Å². The van der Waals surface area contributed by atoms with E-state index in [2.05, 4.69) is 10.2 Å². The minimum absolute atomic E-state index is 0.116. The van der Waals surface area contributed by atoms with Gasteiger partial charge in [0.15, 0.2) is 17.1 Å². The summed E-state index contributed by atoms with van der Waals surface area (Å²) in [4.78, 5) is 25.3. The van der Waals surface area contributed by atoms with Crippen molar-refractivity contribution >= 4 is 17.2 Å². The molecule has 3 aromatic rings. The van der Waals surface area contributed by atoms with Crippen LogP contribution in [0.3, 0.4) is 0 Å². The van der Waals surface area contributed by atoms with E-state index < -0.39 is 5.78 Å². The van der Waals surface area contributed by atoms with Crippen molar-refractivity contribution in [2.24, 2.45) is 17.3 Å². The third-order valence-electron chi connectivity index (χ3n) is 4.64. The van der Waals surface area contributed by atoms with Crippen molar-refractivity contribution in [2.75, 3.05) is 0 Å². The lowest BCUT2D eigenvalue weighted by Crippen LogP contribution is -2.19. The number of rotatable bonds is 3. The van der Waals surface area contributed by atoms with Crippen molar-refractivity contribution in [2.45, 2.75) is 6.92 Å². The molecule has 1 aliphatic carbocycles. The van der Waals surface area contributed by atoms with Gasteiger partial charge in [0.25, 0.3) is 5.56 Å². The Kier molecular flexibility index (Phi) is 3.84. The Labute approximate surface area is 154 Å². The second-order valence-corrected chi connectivity index (χ2v) is 6.18. The lowest BCUT2D eigenvalue weighted by molar-refractivity contribution is 0.103. The Morgan fingerprint density at radius 3 is 2.19 bits per heavy atom. The zero-order valence-electron chi connectivity index (χ0n) is 14.7. The molecule has 0 radical (unpaired) electrons. The predicted octanol–water partition coefficient (Wildman–Crippen LogP) is 3.69. The second-order valence-electron chi connectivity index (χ2n) is 6.18. The topological polar surface area (TPSA) is 89.0 Å². The molecule has 0 amide bonds. The molecule has 1 heterocycles. The van der Waals surface area contributed by atoms with Crippen LogP contribution in [0.15, 0.2) is 75.3 Å². The fourth-order valence-electron chi connectivity index (χ4n) is 3.11. The molecule has 134 valence electrons. The number of carbonyl (C=O) groups excluding carboxylic acids is 1. The quantitative estimate of drug-likeness (QED) is 0.722. The first-order chi connectivity index (χ1) is 13.0. The summed E-state index contributed by atoms with van der Waals surface area (Å²) in [7, 11) is 1.75. The molecule has 0 atom stereocenters. The van der Waals surface area contributed by atoms with Gasteiger partial charge in [-0.05, 0) is 19.1 Å². The minimum Gasteiger partial charge on any atom is -0.505 e. The number of aromatic nitrogens is 2. The van der Waals surface area contributed by atoms with Crippen molar-refractivity contribution in [1.82, 2.24) is 9.36 Å². The zero-order valence-corrected chi connectivity index (χ0v) is 14.7. The predicted molar refractivity (Wildman–Crippen MR) is 101 cm³/mol. The lowest BCUT2D eigenvalue weighted by Gasteiger charge is -2.07. The molecule has 2 aromatic carbocycles. The number of ketones is 1. The molecule has 7 heteroatoms. The van der Waals surface area contributed by atoms with Crippen molar-refractivity contribution in [1.29, 1.82) is 0 Å². The van der Waals surface area contributed by atoms with Gasteiger partial charge in [-0.15, -0.1) is 10.2 Å². The van der Waals surface area contributed by atoms with Crippen LogP contribution < -0.4 is 5.56 Å². The van der Waals surface area contributed by atoms with Gasteiger partial charge in [-0.2, -0.15) is 0 Å². The number of fused-ring (bicyclic) bond motifs is 1. The first kappa shape index (κ1) is 16.7. The van der Waals surface area contributed by atoms with E-state index in [-0.39, 0.29) is 22.7 Å². The molecule has 0 saturated heterocycles. The maximum absolute atomic E-state index is 12.8. The third kappa shape index (κ3) is 2.52. The van der Waals surface area contributed by atoms with Crippen LogP contribution in [-0.2, 0) is 7.05 Å². The van der Waals surface area contributed by atoms with Crippen molar-refractivity contribution < 1.29 is 9.90 Å². The van der Waals surface area contributed by atoms with Gasteiger partial charge in [0, 0.05) is 18.2 Å². The van der Waals surface area contributed by atoms with E-state index in [0.717, 1.165) is 0 Å². The summed E-state index contributed by atoms with van der Waals surface area (Å²) < 4.78 is 3.15. The Balaban J connectivity index is 1.78. The number of carbonyl (C=O) groups is 1. The van der Waals surface area contributed by atoms with Crippen LogP contribution in [0, 0.1) is 6.92 Å². The Bertz CT molecular complexity index is 1180. The monoisotopic (exact) mass is 360 g/mol. The summed E-state index contributed by atoms with van der Waals surface area (Å²) in [6, 6.07) is 15.9. The Morgan fingerprint density at radius 2 is 1.52 bits per heavy atom. The van der Waals surface area contributed by atoms with Crippen LogP contribution in [0.2, 0.25) is 0 Å². The molecule has 7 nitrogen and oxygen atoms in total. The number of benzene rings is 2. The molecule has 1 aliphatic rings. The Morgan fingerprint density at radius 1 is 0.889 bits per heavy atom. The molecule has 0 aliphatic heterocycles. The largest absolute Gasteiger partial charge is 0.505 e. The summed E-state index contributed by atoms with van der Waals surface area (Å²) in [5, 5.41) is 18.2. The summed E-state index contributed by atoms with van der Waals surface area (Å²) >= 11 is 0. The molecule has 0 fully saturated rings. The maximum Gasteiger partial charge on any atom is 0.299 e. The minimum atomic E-state index is -0.413. The van der Waals surface area contributed by atoms with Crippen molar-refractivity contribution in [3.8, 4) is 5.69 Å². The highest BCUT2D eigenvalue weighted by molar-refractivity contribution is 6.19. The second kappa shape index (κ2) is 6.21. The molecule has 0 saturated carbocycles. The number of nitrogens with zero attached hydrogens (tertiary/aromatic N) is 4. The van der Waals surface area contributed by atoms with E-state index >= 15 is 0 Å². The number of aliphatic hydroxyl groups is 1. The first-order valence-corrected chi connectivity index (χ1v) is 8.34. The standard InChI is InChI=1S/C20H16N4O3/c1-12-16(20(27)24(23(12)2)13-8-4-3-5-9-13)21-22-17-18(25)14-10-6-7-11-15(14)19(17)26/h3-11,25H,1-2H3. The molecular weight excluding hydrogens is 344 g/mol. The van der Waals surface area contributed by atoms with Gasteiger partial charge in [0.05, 0.1) is 11.4 Å². The maximum atomic E-state index is 12.8. The third-order valence-corrected chi connectivity index (χ3v) is 4.64. The molecular formula is C20H16N4O3. The highest BCUT2D eigenvalue weighted by Crippen LogP contribution is 2.32. The van der Waals surface area contributed by atoms with Crippen LogP contribution in [0.4, 0.5) is 5.69 Å². The van der Waals surface area contributed by atoms with Gasteiger partial charge in [-0.1, -0.05) is 42.5 Å². The number of aliphatic hydroxyl groups excluding tert-OH is 1. The van der Waals surface area contributed by atoms with Gasteiger partial charge < -0.3 is 5.11 Å². The number of hydrogen-bond acceptors (Lipinski definition) is 5. The molecule has 27 heavy (non-hydrogen) atoms. The van der Waals surface area contributed by atoms with E-state index in [0.29, 0.717) is 22.5 Å². The van der Waals surface area contributed by atoms with Crippen LogP contribution in [0.1, 0.15) is 21.6 Å². The van der Waals surface area contributed by atoms with Crippen LogP contribution in [0.25, 0.3) is 11.4 Å². The van der Waals surface area contributed by atoms with Crippen molar-refractivity contribution in [3.63, 3.8) is 0 Å². The fourth-order valence-corrected chi connectivity index (χ4v) is 3.11. The van der Waals surface area contributed by atoms with Gasteiger partial charge in [-0.3, -0.25) is 14.3 Å². The van der Waals surface area contributed by atoms with E-state index in [1.54, 1.807) is 42.9 Å². The van der Waals surface area contributed by atoms with Crippen molar-refractivity contribution in [3.05, 3.63) is 87.5 Å². The SMILES string of the molecule is Cc1c(N=NC2=C(O)c3ccccc3C2=O)c(=O)n(-c2ccccc2)n1C. The summed E-state index contributed by atoms with van der Waals surface area (Å²) in [6.45, 7) is 1.74. The van der Waals surface area contributed by atoms with Gasteiger partial charge in [0.2, 0.25) is 5.78 Å². The molecule has 1 aromatic heterocycles. The normalized spacial score (nSPS) is 13.6. The molecule has 0 spiro atoms. The summed E-state index contributed by atoms with van der Waals surface area (Å²) in [6.07, 6.45) is 0. The van der Waals surface area contributed by atoms with Crippen LogP contribution in [0.5, 0.6) is 0 Å². The number of hydrogen-bond donors (Lipinski definition) is 1. The highest BCUT2D eigenvalue weighted by atomic mass is 16.3. The number of allylic oxidation sites excluding steroid dienone is 1. The Hall–Kier alpha value is -3.74. The average molecular weight is 360 g/mol. The fraction of sp³-hybridized carbons (Fsp3) is 0.100. The molecule has 1 N–H and O–H groups in total. The van der Waals surface area contributed by atoms with Gasteiger partial charge >= 0.3 is 0 Å². The summed E-state index contributed by atoms with van der Waals surface area (Å²) in [5.74, 6) is -0.639. The van der Waals surface area contributed by atoms with Crippen LogP contribution >= 0.6 is 0 Å². The highest BCUT2D eigenvalue weighted by Gasteiger charge is 2.30. The lowest BCUT2D eigenvalue weighted by atomic mass is 10.1. The number of Topliss-reactive ketones (excluding diaryl/α,β-unsaturated/α-hetero) is 1. The first-order valence-electron chi connectivity index (χ1n) is 8.34. The molecule has 4 rings (SSSR count). The van der Waals surface area contributed by atoms with E-state index in [1.165, 1.54) is 4.68 Å². The molecule has 0 unspecified atom stereocenters. The zero-order chi connectivity index (χ0) is 19.1. The molecule has 0 bridgehead atoms. The smallest absolute Gasteiger partial charge is 0.299 e. The van der Waals surface area contributed by atoms with Crippen LogP contribution in [-0.4, -0.2) is 20.3 Å². The number of para-hydroxylation sites is 1. The summed E-state index contributed by atoms with van der Waals surface area (Å²) in [5.41, 5.74) is 1.68. The average Bonchev–Trinajstić information content (AvgIpc) is 3.06. The number of azo groups is 1. The van der Waals surface area contributed by atoms with Gasteiger partial charge in [-0.25, -0.2) is 4.68 Å².